The van der Waals surface area contributed by atoms with Crippen molar-refractivity contribution < 1.29 is 9.21 Å². The van der Waals surface area contributed by atoms with Crippen LogP contribution < -0.4 is 0 Å². The minimum Gasteiger partial charge on any atom is -0.458 e. The van der Waals surface area contributed by atoms with Crippen molar-refractivity contribution >= 4 is 16.6 Å². The first-order valence-corrected chi connectivity index (χ1v) is 5.69. The zero-order chi connectivity index (χ0) is 12.5. The number of benzene rings is 1. The highest BCUT2D eigenvalue weighted by molar-refractivity contribution is 6.14. The average Bonchev–Trinajstić information content (AvgIpc) is 2.84. The van der Waals surface area contributed by atoms with Gasteiger partial charge in [0, 0.05) is 23.3 Å². The Balaban J connectivity index is 2.17. The average molecular weight is 237 g/mol. The molecule has 0 aliphatic heterocycles. The summed E-state index contributed by atoms with van der Waals surface area (Å²) in [6.45, 7) is 1.82. The summed E-state index contributed by atoms with van der Waals surface area (Å²) in [5, 5.41) is 1.85. The fourth-order valence-electron chi connectivity index (χ4n) is 2.00. The van der Waals surface area contributed by atoms with Crippen LogP contribution in [-0.2, 0) is 0 Å². The van der Waals surface area contributed by atoms with Gasteiger partial charge in [-0.1, -0.05) is 18.2 Å². The molecule has 0 radical (unpaired) electrons. The van der Waals surface area contributed by atoms with Gasteiger partial charge in [-0.15, -0.1) is 0 Å². The van der Waals surface area contributed by atoms with Gasteiger partial charge in [0.2, 0.25) is 5.78 Å². The van der Waals surface area contributed by atoms with Gasteiger partial charge < -0.3 is 4.42 Å². The van der Waals surface area contributed by atoms with Crippen LogP contribution >= 0.6 is 0 Å². The van der Waals surface area contributed by atoms with E-state index in [0.717, 1.165) is 16.5 Å². The predicted octanol–water partition coefficient (Wildman–Crippen LogP) is 3.37. The van der Waals surface area contributed by atoms with Crippen LogP contribution in [0.4, 0.5) is 0 Å². The van der Waals surface area contributed by atoms with Crippen LogP contribution in [0.3, 0.4) is 0 Å². The van der Waals surface area contributed by atoms with Gasteiger partial charge in [-0.05, 0) is 30.5 Å². The molecule has 0 bridgehead atoms. The van der Waals surface area contributed by atoms with E-state index in [1.165, 1.54) is 0 Å². The molecule has 0 N–H and O–H groups in total. The summed E-state index contributed by atoms with van der Waals surface area (Å²) in [6.07, 6.45) is 3.42. The Bertz CT molecular complexity index is 723. The molecular formula is C15H11NO2. The monoisotopic (exact) mass is 237 g/mol. The van der Waals surface area contributed by atoms with Crippen molar-refractivity contribution in [1.82, 2.24) is 4.98 Å². The number of ketones is 1. The second kappa shape index (κ2) is 4.11. The summed E-state index contributed by atoms with van der Waals surface area (Å²) in [4.78, 5) is 16.4. The molecule has 88 valence electrons. The molecule has 3 aromatic rings. The number of aryl methyl sites for hydroxylation is 1. The molecular weight excluding hydrogens is 226 g/mol. The minimum atomic E-state index is -0.110. The van der Waals surface area contributed by atoms with Gasteiger partial charge in [-0.3, -0.25) is 9.78 Å². The van der Waals surface area contributed by atoms with E-state index in [1.807, 2.05) is 25.1 Å². The third-order valence-corrected chi connectivity index (χ3v) is 2.89. The number of hydrogen-bond donors (Lipinski definition) is 0. The van der Waals surface area contributed by atoms with Crippen LogP contribution in [0.25, 0.3) is 10.8 Å². The summed E-state index contributed by atoms with van der Waals surface area (Å²) in [6, 6.07) is 11.0. The Morgan fingerprint density at radius 2 is 2.06 bits per heavy atom. The second-order valence-corrected chi connectivity index (χ2v) is 4.14. The fraction of sp³-hybridized carbons (Fsp3) is 0.0667. The molecule has 0 unspecified atom stereocenters. The summed E-state index contributed by atoms with van der Waals surface area (Å²) in [7, 11) is 0. The van der Waals surface area contributed by atoms with Crippen LogP contribution in [-0.4, -0.2) is 10.8 Å². The highest BCUT2D eigenvalue weighted by Gasteiger charge is 2.15. The quantitative estimate of drug-likeness (QED) is 0.642. The van der Waals surface area contributed by atoms with Crippen molar-refractivity contribution in [1.29, 1.82) is 0 Å². The van der Waals surface area contributed by atoms with Gasteiger partial charge in [0.05, 0.1) is 0 Å². The molecule has 18 heavy (non-hydrogen) atoms. The van der Waals surface area contributed by atoms with Crippen molar-refractivity contribution in [3.05, 3.63) is 65.9 Å². The van der Waals surface area contributed by atoms with Crippen molar-refractivity contribution in [2.24, 2.45) is 0 Å². The Morgan fingerprint density at radius 3 is 2.83 bits per heavy atom. The van der Waals surface area contributed by atoms with Gasteiger partial charge in [-0.2, -0.15) is 0 Å². The lowest BCUT2D eigenvalue weighted by atomic mass is 10.0. The minimum absolute atomic E-state index is 0.110. The zero-order valence-corrected chi connectivity index (χ0v) is 9.88. The first-order valence-electron chi connectivity index (χ1n) is 5.69. The van der Waals surface area contributed by atoms with Crippen molar-refractivity contribution in [3.8, 4) is 0 Å². The number of rotatable bonds is 2. The van der Waals surface area contributed by atoms with E-state index in [2.05, 4.69) is 4.98 Å². The molecule has 0 aliphatic carbocycles. The van der Waals surface area contributed by atoms with Gasteiger partial charge >= 0.3 is 0 Å². The number of carbonyl (C=O) groups excluding carboxylic acids is 1. The fourth-order valence-corrected chi connectivity index (χ4v) is 2.00. The molecule has 0 aliphatic rings. The number of hydrogen-bond acceptors (Lipinski definition) is 3. The van der Waals surface area contributed by atoms with E-state index >= 15 is 0 Å². The van der Waals surface area contributed by atoms with Crippen molar-refractivity contribution in [2.75, 3.05) is 0 Å². The number of pyridine rings is 1. The third kappa shape index (κ3) is 1.70. The Hall–Kier alpha value is -2.42. The maximum absolute atomic E-state index is 12.4. The van der Waals surface area contributed by atoms with Gasteiger partial charge in [0.15, 0.2) is 5.76 Å². The second-order valence-electron chi connectivity index (χ2n) is 4.14. The molecule has 0 spiro atoms. The van der Waals surface area contributed by atoms with E-state index in [4.69, 9.17) is 4.42 Å². The number of carbonyl (C=O) groups is 1. The molecule has 2 heterocycles. The molecule has 0 amide bonds. The van der Waals surface area contributed by atoms with Crippen LogP contribution in [0.2, 0.25) is 0 Å². The zero-order valence-electron chi connectivity index (χ0n) is 9.88. The number of nitrogens with zero attached hydrogens (tertiary/aromatic N) is 1. The van der Waals surface area contributed by atoms with Crippen LogP contribution in [0.1, 0.15) is 21.9 Å². The maximum atomic E-state index is 12.4. The van der Waals surface area contributed by atoms with E-state index in [-0.39, 0.29) is 5.78 Å². The summed E-state index contributed by atoms with van der Waals surface area (Å²) >= 11 is 0. The normalized spacial score (nSPS) is 10.7. The molecule has 3 rings (SSSR count). The molecule has 3 nitrogen and oxygen atoms in total. The largest absolute Gasteiger partial charge is 0.458 e. The van der Waals surface area contributed by atoms with Crippen LogP contribution in [0.15, 0.2) is 53.2 Å². The van der Waals surface area contributed by atoms with Gasteiger partial charge in [0.25, 0.3) is 0 Å². The molecule has 0 saturated carbocycles. The Kier molecular flexibility index (Phi) is 2.45. The number of furan rings is 1. The Morgan fingerprint density at radius 1 is 1.17 bits per heavy atom. The lowest BCUT2D eigenvalue weighted by Crippen LogP contribution is -2.00. The Labute approximate surface area is 104 Å². The third-order valence-electron chi connectivity index (χ3n) is 2.89. The molecule has 3 heteroatoms. The summed E-state index contributed by atoms with van der Waals surface area (Å²) in [5.41, 5.74) is 0.620. The van der Waals surface area contributed by atoms with Crippen molar-refractivity contribution in [2.45, 2.75) is 6.92 Å². The first kappa shape index (κ1) is 10.7. The van der Waals surface area contributed by atoms with E-state index < -0.39 is 0 Å². The smallest absolute Gasteiger partial charge is 0.228 e. The standard InChI is InChI=1S/C15H11NO2/c1-10-5-6-14(18-10)15(17)12-4-2-3-11-7-8-16-9-13(11)12/h2-9H,1H3. The van der Waals surface area contributed by atoms with Crippen LogP contribution in [0.5, 0.6) is 0 Å². The van der Waals surface area contributed by atoms with Gasteiger partial charge in [0.1, 0.15) is 5.76 Å². The van der Waals surface area contributed by atoms with Crippen LogP contribution in [0, 0.1) is 6.92 Å². The molecule has 0 saturated heterocycles. The van der Waals surface area contributed by atoms with E-state index in [0.29, 0.717) is 11.3 Å². The van der Waals surface area contributed by atoms with Crippen molar-refractivity contribution in [3.63, 3.8) is 0 Å². The highest BCUT2D eigenvalue weighted by atomic mass is 16.3. The number of fused-ring (bicyclic) bond motifs is 1. The SMILES string of the molecule is Cc1ccc(C(=O)c2cccc3ccncc23)o1. The van der Waals surface area contributed by atoms with Gasteiger partial charge in [-0.25, -0.2) is 0 Å². The number of aromatic nitrogens is 1. The topological polar surface area (TPSA) is 43.1 Å². The van der Waals surface area contributed by atoms with E-state index in [1.54, 1.807) is 30.6 Å². The predicted molar refractivity (Wildman–Crippen MR) is 68.6 cm³/mol. The molecule has 2 aromatic heterocycles. The first-order chi connectivity index (χ1) is 8.75. The summed E-state index contributed by atoms with van der Waals surface area (Å²) in [5.74, 6) is 0.988. The lowest BCUT2D eigenvalue weighted by Gasteiger charge is -2.03. The molecule has 0 fully saturated rings. The summed E-state index contributed by atoms with van der Waals surface area (Å²) < 4.78 is 5.38. The highest BCUT2D eigenvalue weighted by Crippen LogP contribution is 2.21. The molecule has 1 aromatic carbocycles. The van der Waals surface area contributed by atoms with E-state index in [9.17, 15) is 4.79 Å². The molecule has 0 atom stereocenters. The lowest BCUT2D eigenvalue weighted by molar-refractivity contribution is 0.101. The maximum Gasteiger partial charge on any atom is 0.228 e.